The van der Waals surface area contributed by atoms with Gasteiger partial charge >= 0.3 is 0 Å². The van der Waals surface area contributed by atoms with Crippen molar-refractivity contribution in [2.75, 3.05) is 26.2 Å². The molecular formula is C12H22ClN3O3. The molecule has 0 spiro atoms. The van der Waals surface area contributed by atoms with Crippen molar-refractivity contribution in [2.24, 2.45) is 5.92 Å². The maximum Gasteiger partial charge on any atom is 0.239 e. The molecule has 0 radical (unpaired) electrons. The number of ether oxygens (including phenoxy) is 1. The molecule has 2 atom stereocenters. The Morgan fingerprint density at radius 3 is 2.42 bits per heavy atom. The largest absolute Gasteiger partial charge is 0.375 e. The van der Waals surface area contributed by atoms with Crippen LogP contribution in [0.3, 0.4) is 0 Å². The molecule has 1 heterocycles. The van der Waals surface area contributed by atoms with Crippen LogP contribution >= 0.6 is 12.4 Å². The highest BCUT2D eigenvalue weighted by Gasteiger charge is 2.29. The molecule has 1 aliphatic heterocycles. The van der Waals surface area contributed by atoms with Crippen LogP contribution in [0.15, 0.2) is 0 Å². The van der Waals surface area contributed by atoms with Crippen molar-refractivity contribution in [1.82, 2.24) is 16.0 Å². The zero-order valence-electron chi connectivity index (χ0n) is 11.1. The number of hydrogen-bond donors (Lipinski definition) is 3. The van der Waals surface area contributed by atoms with Gasteiger partial charge in [0.15, 0.2) is 0 Å². The van der Waals surface area contributed by atoms with Crippen molar-refractivity contribution in [3.63, 3.8) is 0 Å². The van der Waals surface area contributed by atoms with Crippen LogP contribution in [0.2, 0.25) is 0 Å². The van der Waals surface area contributed by atoms with Crippen LogP contribution in [-0.4, -0.2) is 50.2 Å². The lowest BCUT2D eigenvalue weighted by atomic mass is 10.1. The van der Waals surface area contributed by atoms with E-state index in [1.807, 2.05) is 6.92 Å². The van der Waals surface area contributed by atoms with Crippen LogP contribution in [0.5, 0.6) is 0 Å². The van der Waals surface area contributed by atoms with Gasteiger partial charge in [0.25, 0.3) is 0 Å². The number of halogens is 1. The van der Waals surface area contributed by atoms with Gasteiger partial charge < -0.3 is 20.7 Å². The first-order valence-corrected chi connectivity index (χ1v) is 6.59. The van der Waals surface area contributed by atoms with Gasteiger partial charge in [-0.05, 0) is 19.8 Å². The predicted octanol–water partition coefficient (Wildman–Crippen LogP) is -0.572. The summed E-state index contributed by atoms with van der Waals surface area (Å²) in [6, 6.07) is -0.294. The Labute approximate surface area is 119 Å². The molecule has 0 unspecified atom stereocenters. The fourth-order valence-corrected chi connectivity index (χ4v) is 2.00. The van der Waals surface area contributed by atoms with E-state index < -0.39 is 0 Å². The topological polar surface area (TPSA) is 79.5 Å². The molecule has 110 valence electrons. The number of hydrogen-bond acceptors (Lipinski definition) is 4. The summed E-state index contributed by atoms with van der Waals surface area (Å²) in [5, 5.41) is 8.73. The molecule has 2 amide bonds. The zero-order valence-corrected chi connectivity index (χ0v) is 11.9. The summed E-state index contributed by atoms with van der Waals surface area (Å²) in [6.45, 7) is 4.17. The minimum atomic E-state index is -0.294. The Morgan fingerprint density at radius 1 is 1.21 bits per heavy atom. The fourth-order valence-electron chi connectivity index (χ4n) is 2.00. The molecule has 0 aromatic rings. The minimum absolute atomic E-state index is 0. The Morgan fingerprint density at radius 2 is 1.84 bits per heavy atom. The van der Waals surface area contributed by atoms with E-state index in [1.165, 1.54) is 0 Å². The smallest absolute Gasteiger partial charge is 0.239 e. The lowest BCUT2D eigenvalue weighted by molar-refractivity contribution is -0.129. The Kier molecular flexibility index (Phi) is 6.54. The summed E-state index contributed by atoms with van der Waals surface area (Å²) in [5.41, 5.74) is 0. The van der Waals surface area contributed by atoms with Gasteiger partial charge in [-0.1, -0.05) is 0 Å². The number of carbonyl (C=O) groups excluding carboxylic acids is 2. The van der Waals surface area contributed by atoms with E-state index in [2.05, 4.69) is 16.0 Å². The van der Waals surface area contributed by atoms with E-state index in [-0.39, 0.29) is 42.3 Å². The van der Waals surface area contributed by atoms with Crippen molar-refractivity contribution in [3.05, 3.63) is 0 Å². The first-order chi connectivity index (χ1) is 8.68. The van der Waals surface area contributed by atoms with Crippen LogP contribution in [0.1, 0.15) is 19.8 Å². The van der Waals surface area contributed by atoms with Crippen molar-refractivity contribution < 1.29 is 14.3 Å². The third-order valence-corrected chi connectivity index (χ3v) is 3.27. The highest BCUT2D eigenvalue weighted by atomic mass is 35.5. The first-order valence-electron chi connectivity index (χ1n) is 6.59. The summed E-state index contributed by atoms with van der Waals surface area (Å²) >= 11 is 0. The van der Waals surface area contributed by atoms with E-state index in [0.717, 1.165) is 12.8 Å². The normalized spacial score (nSPS) is 26.2. The van der Waals surface area contributed by atoms with Crippen LogP contribution in [0.4, 0.5) is 0 Å². The third kappa shape index (κ3) is 4.97. The van der Waals surface area contributed by atoms with Crippen LogP contribution in [-0.2, 0) is 14.3 Å². The number of rotatable bonds is 5. The Balaban J connectivity index is 0.00000180. The van der Waals surface area contributed by atoms with Crippen molar-refractivity contribution in [1.29, 1.82) is 0 Å². The Hall–Kier alpha value is -0.850. The molecule has 2 aliphatic rings. The molecule has 0 aromatic heterocycles. The second-order valence-corrected chi connectivity index (χ2v) is 4.86. The molecule has 0 aromatic carbocycles. The monoisotopic (exact) mass is 291 g/mol. The van der Waals surface area contributed by atoms with Gasteiger partial charge in [0.1, 0.15) is 6.04 Å². The van der Waals surface area contributed by atoms with Gasteiger partial charge in [-0.3, -0.25) is 9.59 Å². The van der Waals surface area contributed by atoms with Crippen molar-refractivity contribution in [3.8, 4) is 0 Å². The summed E-state index contributed by atoms with van der Waals surface area (Å²) < 4.78 is 5.40. The fraction of sp³-hybridized carbons (Fsp3) is 0.833. The summed E-state index contributed by atoms with van der Waals surface area (Å²) in [6.07, 6.45) is 1.89. The van der Waals surface area contributed by atoms with Gasteiger partial charge in [0.2, 0.25) is 11.8 Å². The first kappa shape index (κ1) is 16.2. The molecule has 7 heteroatoms. The van der Waals surface area contributed by atoms with Crippen molar-refractivity contribution >= 4 is 24.2 Å². The average molecular weight is 292 g/mol. The van der Waals surface area contributed by atoms with Gasteiger partial charge in [-0.15, -0.1) is 12.4 Å². The number of carbonyl (C=O) groups is 2. The third-order valence-electron chi connectivity index (χ3n) is 3.27. The maximum atomic E-state index is 11.8. The summed E-state index contributed by atoms with van der Waals surface area (Å²) in [5.74, 6) is 0.258. The summed E-state index contributed by atoms with van der Waals surface area (Å²) in [4.78, 5) is 23.2. The van der Waals surface area contributed by atoms with E-state index in [4.69, 9.17) is 4.74 Å². The van der Waals surface area contributed by atoms with Crippen LogP contribution in [0, 0.1) is 5.92 Å². The molecule has 2 rings (SSSR count). The zero-order chi connectivity index (χ0) is 13.0. The van der Waals surface area contributed by atoms with Gasteiger partial charge in [-0.2, -0.15) is 0 Å². The van der Waals surface area contributed by atoms with Gasteiger partial charge in [0, 0.05) is 25.6 Å². The highest BCUT2D eigenvalue weighted by Crippen LogP contribution is 2.28. The Bertz CT molecular complexity index is 323. The molecule has 6 nitrogen and oxygen atoms in total. The SMILES string of the molecule is C[C@H]1OCCN[C@@H]1C(=O)NCCNC(=O)C1CC1.Cl. The molecule has 2 fully saturated rings. The molecule has 3 N–H and O–H groups in total. The molecule has 19 heavy (non-hydrogen) atoms. The summed E-state index contributed by atoms with van der Waals surface area (Å²) in [7, 11) is 0. The van der Waals surface area contributed by atoms with E-state index in [0.29, 0.717) is 26.2 Å². The maximum absolute atomic E-state index is 11.8. The van der Waals surface area contributed by atoms with E-state index >= 15 is 0 Å². The quantitative estimate of drug-likeness (QED) is 0.593. The molecule has 1 aliphatic carbocycles. The van der Waals surface area contributed by atoms with Crippen LogP contribution in [0.25, 0.3) is 0 Å². The highest BCUT2D eigenvalue weighted by molar-refractivity contribution is 5.85. The predicted molar refractivity (Wildman–Crippen MR) is 73.2 cm³/mol. The molecular weight excluding hydrogens is 270 g/mol. The second-order valence-electron chi connectivity index (χ2n) is 4.86. The van der Waals surface area contributed by atoms with Gasteiger partial charge in [-0.25, -0.2) is 0 Å². The molecule has 0 bridgehead atoms. The second kappa shape index (κ2) is 7.67. The lowest BCUT2D eigenvalue weighted by Gasteiger charge is -2.29. The number of morpholine rings is 1. The minimum Gasteiger partial charge on any atom is -0.375 e. The number of nitrogens with one attached hydrogen (secondary N) is 3. The molecule has 1 saturated carbocycles. The standard InChI is InChI=1S/C12H21N3O3.ClH/c1-8-10(13-6-7-18-8)12(17)15-5-4-14-11(16)9-2-3-9;/h8-10,13H,2-7H2,1H3,(H,14,16)(H,15,17);1H/t8-,10+;/m1./s1. The lowest BCUT2D eigenvalue weighted by Crippen LogP contribution is -2.56. The van der Waals surface area contributed by atoms with Crippen molar-refractivity contribution in [2.45, 2.75) is 31.9 Å². The number of amides is 2. The molecule has 1 saturated heterocycles. The van der Waals surface area contributed by atoms with E-state index in [9.17, 15) is 9.59 Å². The average Bonchev–Trinajstić information content (AvgIpc) is 3.19. The van der Waals surface area contributed by atoms with Gasteiger partial charge in [0.05, 0.1) is 12.7 Å². The van der Waals surface area contributed by atoms with E-state index in [1.54, 1.807) is 0 Å². The van der Waals surface area contributed by atoms with Crippen LogP contribution < -0.4 is 16.0 Å².